The van der Waals surface area contributed by atoms with Gasteiger partial charge in [-0.3, -0.25) is 11.3 Å². The molecule has 0 radical (unpaired) electrons. The number of hydrogen-bond donors (Lipinski definition) is 2. The van der Waals surface area contributed by atoms with Crippen molar-refractivity contribution in [1.29, 1.82) is 0 Å². The van der Waals surface area contributed by atoms with Crippen LogP contribution in [-0.4, -0.2) is 17.0 Å². The summed E-state index contributed by atoms with van der Waals surface area (Å²) in [5.41, 5.74) is 6.14. The van der Waals surface area contributed by atoms with Crippen LogP contribution in [0.2, 0.25) is 0 Å². The highest BCUT2D eigenvalue weighted by atomic mass is 32.2. The first kappa shape index (κ1) is 11.6. The van der Waals surface area contributed by atoms with E-state index in [0.717, 1.165) is 11.2 Å². The smallest absolute Gasteiger partial charge is 0.0335 e. The second kappa shape index (κ2) is 5.01. The summed E-state index contributed by atoms with van der Waals surface area (Å²) in [5.74, 6) is 7.78. The number of fused-ring (bicyclic) bond motifs is 1. The van der Waals surface area contributed by atoms with Crippen LogP contribution in [0, 0.1) is 0 Å². The molecule has 1 aliphatic carbocycles. The molecule has 0 saturated carbocycles. The molecule has 1 fully saturated rings. The van der Waals surface area contributed by atoms with E-state index in [4.69, 9.17) is 5.84 Å². The van der Waals surface area contributed by atoms with Gasteiger partial charge in [0.2, 0.25) is 0 Å². The lowest BCUT2D eigenvalue weighted by Gasteiger charge is -2.34. The molecule has 1 saturated heterocycles. The molecular formula is C14H20N2S. The second-order valence-corrected chi connectivity index (χ2v) is 6.51. The third-order valence-electron chi connectivity index (χ3n) is 4.13. The average molecular weight is 248 g/mol. The van der Waals surface area contributed by atoms with Gasteiger partial charge in [0.25, 0.3) is 0 Å². The van der Waals surface area contributed by atoms with E-state index < -0.39 is 0 Å². The third-order valence-corrected chi connectivity index (χ3v) is 5.64. The van der Waals surface area contributed by atoms with Crippen molar-refractivity contribution in [1.82, 2.24) is 5.43 Å². The van der Waals surface area contributed by atoms with Crippen molar-refractivity contribution in [3.05, 3.63) is 35.4 Å². The van der Waals surface area contributed by atoms with Crippen LogP contribution in [0.3, 0.4) is 0 Å². The molecule has 1 aromatic carbocycles. The minimum absolute atomic E-state index is 0.487. The predicted molar refractivity (Wildman–Crippen MR) is 74.1 cm³/mol. The van der Waals surface area contributed by atoms with Crippen LogP contribution in [0.25, 0.3) is 0 Å². The van der Waals surface area contributed by atoms with E-state index in [1.807, 2.05) is 0 Å². The average Bonchev–Trinajstić information content (AvgIpc) is 2.84. The summed E-state index contributed by atoms with van der Waals surface area (Å²) in [4.78, 5) is 0. The lowest BCUT2D eigenvalue weighted by molar-refractivity contribution is 0.409. The molecule has 2 nitrogen and oxygen atoms in total. The Kier molecular flexibility index (Phi) is 3.41. The van der Waals surface area contributed by atoms with Crippen LogP contribution < -0.4 is 11.3 Å². The topological polar surface area (TPSA) is 38.0 Å². The Bertz CT molecular complexity index is 388. The van der Waals surface area contributed by atoms with Gasteiger partial charge in [0.1, 0.15) is 0 Å². The molecule has 92 valence electrons. The number of rotatable bonds is 4. The van der Waals surface area contributed by atoms with E-state index in [1.54, 1.807) is 5.56 Å². The van der Waals surface area contributed by atoms with Gasteiger partial charge in [-0.1, -0.05) is 24.3 Å². The zero-order valence-electron chi connectivity index (χ0n) is 10.1. The van der Waals surface area contributed by atoms with Crippen molar-refractivity contribution >= 4 is 11.8 Å². The molecular weight excluding hydrogens is 228 g/mol. The van der Waals surface area contributed by atoms with Gasteiger partial charge in [0.15, 0.2) is 0 Å². The molecule has 0 amide bonds. The fourth-order valence-corrected chi connectivity index (χ4v) is 4.52. The maximum Gasteiger partial charge on any atom is 0.0335 e. The van der Waals surface area contributed by atoms with Crippen molar-refractivity contribution in [3.63, 3.8) is 0 Å². The largest absolute Gasteiger partial charge is 0.271 e. The molecule has 3 heteroatoms. The van der Waals surface area contributed by atoms with Gasteiger partial charge >= 0.3 is 0 Å². The van der Waals surface area contributed by atoms with Crippen molar-refractivity contribution < 1.29 is 0 Å². The van der Waals surface area contributed by atoms with Gasteiger partial charge in [-0.2, -0.15) is 11.8 Å². The summed E-state index contributed by atoms with van der Waals surface area (Å²) in [7, 11) is 0. The quantitative estimate of drug-likeness (QED) is 0.635. The van der Waals surface area contributed by atoms with E-state index in [-0.39, 0.29) is 0 Å². The maximum absolute atomic E-state index is 5.74. The Morgan fingerprint density at radius 2 is 2.29 bits per heavy atom. The van der Waals surface area contributed by atoms with Crippen LogP contribution in [-0.2, 0) is 6.42 Å². The highest BCUT2D eigenvalue weighted by molar-refractivity contribution is 8.00. The van der Waals surface area contributed by atoms with E-state index in [9.17, 15) is 0 Å². The van der Waals surface area contributed by atoms with Gasteiger partial charge in [0.05, 0.1) is 0 Å². The van der Waals surface area contributed by atoms with Gasteiger partial charge < -0.3 is 0 Å². The Balaban J connectivity index is 1.63. The third kappa shape index (κ3) is 2.24. The molecule has 0 spiro atoms. The van der Waals surface area contributed by atoms with Crippen molar-refractivity contribution in [2.24, 2.45) is 5.84 Å². The standard InChI is InChI=1S/C14H20N2S/c15-16-13(14-6-3-7-17-14)9-11-8-10-4-1-2-5-12(10)11/h1-2,4-5,11,13-14,16H,3,6-9,15H2. The van der Waals surface area contributed by atoms with Crippen LogP contribution >= 0.6 is 11.8 Å². The Labute approximate surface area is 107 Å². The summed E-state index contributed by atoms with van der Waals surface area (Å²) in [6, 6.07) is 9.31. The molecule has 2 aliphatic rings. The number of benzene rings is 1. The molecule has 0 bridgehead atoms. The highest BCUT2D eigenvalue weighted by Gasteiger charge is 2.32. The molecule has 1 heterocycles. The lowest BCUT2D eigenvalue weighted by atomic mass is 9.74. The second-order valence-electron chi connectivity index (χ2n) is 5.16. The number of hydrogen-bond acceptors (Lipinski definition) is 3. The maximum atomic E-state index is 5.74. The zero-order chi connectivity index (χ0) is 11.7. The molecule has 3 unspecified atom stereocenters. The number of nitrogens with one attached hydrogen (secondary N) is 1. The first-order valence-corrected chi connectivity index (χ1v) is 7.59. The fourth-order valence-electron chi connectivity index (χ4n) is 3.13. The van der Waals surface area contributed by atoms with E-state index in [0.29, 0.717) is 6.04 Å². The van der Waals surface area contributed by atoms with Crippen molar-refractivity contribution in [2.45, 2.75) is 42.9 Å². The molecule has 3 rings (SSSR count). The molecule has 17 heavy (non-hydrogen) atoms. The fraction of sp³-hybridized carbons (Fsp3) is 0.571. The van der Waals surface area contributed by atoms with E-state index in [2.05, 4.69) is 41.5 Å². The van der Waals surface area contributed by atoms with Crippen LogP contribution in [0.15, 0.2) is 24.3 Å². The Morgan fingerprint density at radius 3 is 3.00 bits per heavy atom. The monoisotopic (exact) mass is 248 g/mol. The first-order valence-electron chi connectivity index (χ1n) is 6.54. The zero-order valence-corrected chi connectivity index (χ0v) is 10.9. The first-order chi connectivity index (χ1) is 8.38. The van der Waals surface area contributed by atoms with Crippen LogP contribution in [0.1, 0.15) is 36.3 Å². The van der Waals surface area contributed by atoms with Crippen molar-refractivity contribution in [2.75, 3.05) is 5.75 Å². The van der Waals surface area contributed by atoms with Crippen LogP contribution in [0.4, 0.5) is 0 Å². The lowest BCUT2D eigenvalue weighted by Crippen LogP contribution is -2.43. The Hall–Kier alpha value is -0.510. The minimum atomic E-state index is 0.487. The SMILES string of the molecule is NNC(CC1Cc2ccccc21)C1CCCS1. The van der Waals surface area contributed by atoms with Gasteiger partial charge in [-0.15, -0.1) is 0 Å². The predicted octanol–water partition coefficient (Wildman–Crippen LogP) is 2.44. The molecule has 3 atom stereocenters. The number of nitrogens with two attached hydrogens (primary N) is 1. The summed E-state index contributed by atoms with van der Waals surface area (Å²) >= 11 is 2.09. The van der Waals surface area contributed by atoms with E-state index >= 15 is 0 Å². The minimum Gasteiger partial charge on any atom is -0.271 e. The van der Waals surface area contributed by atoms with Gasteiger partial charge in [-0.05, 0) is 48.5 Å². The summed E-state index contributed by atoms with van der Waals surface area (Å²) in [5, 5.41) is 0.729. The number of hydrazine groups is 1. The normalized spacial score (nSPS) is 28.5. The van der Waals surface area contributed by atoms with Crippen LogP contribution in [0.5, 0.6) is 0 Å². The number of thioether (sulfide) groups is 1. The molecule has 3 N–H and O–H groups in total. The summed E-state index contributed by atoms with van der Waals surface area (Å²) in [6.07, 6.45) is 5.12. The van der Waals surface area contributed by atoms with Gasteiger partial charge in [-0.25, -0.2) is 0 Å². The van der Waals surface area contributed by atoms with Crippen molar-refractivity contribution in [3.8, 4) is 0 Å². The Morgan fingerprint density at radius 1 is 1.41 bits per heavy atom. The summed E-state index contributed by atoms with van der Waals surface area (Å²) in [6.45, 7) is 0. The van der Waals surface area contributed by atoms with E-state index in [1.165, 1.54) is 37.0 Å². The highest BCUT2D eigenvalue weighted by Crippen LogP contribution is 2.40. The van der Waals surface area contributed by atoms with Gasteiger partial charge in [0, 0.05) is 11.3 Å². The summed E-state index contributed by atoms with van der Waals surface area (Å²) < 4.78 is 0. The molecule has 1 aromatic rings. The molecule has 0 aromatic heterocycles. The molecule has 1 aliphatic heterocycles.